The molecule has 14 heteroatoms. The van der Waals surface area contributed by atoms with Gasteiger partial charge in [0, 0.05) is 37.5 Å². The molecule has 0 saturated heterocycles. The highest BCUT2D eigenvalue weighted by atomic mass is 19.2. The van der Waals surface area contributed by atoms with Crippen LogP contribution in [-0.2, 0) is 0 Å². The van der Waals surface area contributed by atoms with Crippen LogP contribution in [-0.4, -0.2) is 17.2 Å². The summed E-state index contributed by atoms with van der Waals surface area (Å²) in [4.78, 5) is 0. The molecule has 0 aliphatic heterocycles. The Labute approximate surface area is 318 Å². The van der Waals surface area contributed by atoms with Crippen molar-refractivity contribution in [2.75, 3.05) is 0 Å². The Morgan fingerprint density at radius 3 is 0.804 bits per heavy atom. The Hall–Kier alpha value is -3.94. The lowest BCUT2D eigenvalue weighted by Crippen LogP contribution is -3.08. The Bertz CT molecular complexity index is 1790. The molecule has 4 aromatic rings. The molecule has 0 spiro atoms. The summed E-state index contributed by atoms with van der Waals surface area (Å²) in [6.07, 6.45) is 9.16. The Kier molecular flexibility index (Phi) is 13.0. The van der Waals surface area contributed by atoms with Crippen LogP contribution in [0, 0.1) is 81.6 Å². The fourth-order valence-corrected chi connectivity index (χ4v) is 9.39. The first-order valence-corrected chi connectivity index (χ1v) is 18.9. The zero-order valence-corrected chi connectivity index (χ0v) is 31.5. The molecule has 304 valence electrons. The second-order valence-electron chi connectivity index (χ2n) is 15.9. The van der Waals surface area contributed by atoms with Crippen LogP contribution < -0.4 is 27.2 Å². The third-order valence-electron chi connectivity index (χ3n) is 12.5. The highest BCUT2D eigenvalue weighted by molar-refractivity contribution is 7.20. The van der Waals surface area contributed by atoms with E-state index in [0.717, 1.165) is 11.8 Å². The van der Waals surface area contributed by atoms with Crippen molar-refractivity contribution in [3.8, 4) is 0 Å². The summed E-state index contributed by atoms with van der Waals surface area (Å²) in [7, 11) is 0. The van der Waals surface area contributed by atoms with Gasteiger partial charge in [-0.15, -0.1) is 21.9 Å². The van der Waals surface area contributed by atoms with Gasteiger partial charge in [-0.25, -0.2) is 52.7 Å². The average Bonchev–Trinajstić information content (AvgIpc) is 3.16. The van der Waals surface area contributed by atoms with Gasteiger partial charge in [-0.2, -0.15) is 0 Å². The van der Waals surface area contributed by atoms with Crippen molar-refractivity contribution in [3.05, 3.63) is 118 Å². The predicted molar refractivity (Wildman–Crippen MR) is 193 cm³/mol. The van der Waals surface area contributed by atoms with Gasteiger partial charge in [0.25, 0.3) is 0 Å². The first-order valence-electron chi connectivity index (χ1n) is 18.9. The molecule has 2 saturated carbocycles. The molecule has 0 amide bonds. The average molecular weight is 802 g/mol. The quantitative estimate of drug-likeness (QED) is 0.104. The molecule has 0 heterocycles. The molecule has 4 aromatic carbocycles. The zero-order chi connectivity index (χ0) is 41.3. The molecule has 6 rings (SSSR count). The van der Waals surface area contributed by atoms with E-state index in [4.69, 9.17) is 0 Å². The minimum absolute atomic E-state index is 0.0591. The van der Waals surface area contributed by atoms with Gasteiger partial charge < -0.3 is 5.32 Å². The lowest BCUT2D eigenvalue weighted by atomic mass is 9.12. The van der Waals surface area contributed by atoms with Gasteiger partial charge in [-0.1, -0.05) is 40.5 Å². The molecular weight excluding hydrogens is 757 g/mol. The normalized spacial score (nSPS) is 16.9. The third-order valence-corrected chi connectivity index (χ3v) is 12.5. The second kappa shape index (κ2) is 16.9. The standard InChI is InChI=1S/C24H8BF12.C18H35N/c26-9-1-5-13(30)21(34)17(9)25(18-10(27)2-6-14(31)22(18)35,19-11(28)3-7-15(32)23(19)36)20-12(29)4-8-16(33)24(20)37;1-15(2)17(11-7-5-8-12-17)19-18(16(3)4)13-9-6-10-14-18/h1-8H;15-16,19H,5-14H2,1-4H3/q-1;/p+1. The lowest BCUT2D eigenvalue weighted by molar-refractivity contribution is -0.806. The summed E-state index contributed by atoms with van der Waals surface area (Å²) < 4.78 is 180. The van der Waals surface area contributed by atoms with Crippen LogP contribution in [0.1, 0.15) is 91.9 Å². The Morgan fingerprint density at radius 2 is 0.589 bits per heavy atom. The van der Waals surface area contributed by atoms with Crippen LogP contribution in [0.3, 0.4) is 0 Å². The van der Waals surface area contributed by atoms with E-state index < -0.39 is 97.8 Å². The number of benzene rings is 4. The molecule has 0 bridgehead atoms. The van der Waals surface area contributed by atoms with Crippen LogP contribution in [0.25, 0.3) is 0 Å². The van der Waals surface area contributed by atoms with Crippen molar-refractivity contribution >= 4 is 28.0 Å². The first kappa shape index (κ1) is 43.2. The summed E-state index contributed by atoms with van der Waals surface area (Å²) in [6, 6.07) is 0.641. The molecule has 0 radical (unpaired) electrons. The number of hydrogen-bond acceptors (Lipinski definition) is 0. The maximum absolute atomic E-state index is 15.3. The van der Waals surface area contributed by atoms with Crippen LogP contribution in [0.15, 0.2) is 48.5 Å². The molecule has 2 N–H and O–H groups in total. The number of rotatable bonds is 8. The van der Waals surface area contributed by atoms with E-state index in [1.54, 1.807) is 0 Å². The maximum Gasteiger partial charge on any atom is 0.155 e. The molecule has 0 unspecified atom stereocenters. The van der Waals surface area contributed by atoms with Crippen LogP contribution >= 0.6 is 0 Å². The highest BCUT2D eigenvalue weighted by Gasteiger charge is 2.50. The summed E-state index contributed by atoms with van der Waals surface area (Å²) in [5.74, 6) is -25.0. The summed E-state index contributed by atoms with van der Waals surface area (Å²) >= 11 is 0. The Morgan fingerprint density at radius 1 is 0.375 bits per heavy atom. The molecule has 2 aliphatic rings. The fourth-order valence-electron chi connectivity index (χ4n) is 9.39. The van der Waals surface area contributed by atoms with E-state index in [1.165, 1.54) is 64.2 Å². The monoisotopic (exact) mass is 801 g/mol. The number of hydrogen-bond donors (Lipinski definition) is 1. The first-order chi connectivity index (χ1) is 26.4. The summed E-state index contributed by atoms with van der Waals surface area (Å²) in [5, 5.41) is 2.91. The maximum atomic E-state index is 15.3. The summed E-state index contributed by atoms with van der Waals surface area (Å²) in [5.41, 5.74) is -7.46. The van der Waals surface area contributed by atoms with Crippen molar-refractivity contribution < 1.29 is 58.0 Å². The smallest absolute Gasteiger partial charge is 0.155 e. The third kappa shape index (κ3) is 7.58. The molecule has 1 nitrogen and oxygen atoms in total. The van der Waals surface area contributed by atoms with Crippen molar-refractivity contribution in [1.82, 2.24) is 0 Å². The van der Waals surface area contributed by atoms with Gasteiger partial charge >= 0.3 is 0 Å². The van der Waals surface area contributed by atoms with Crippen LogP contribution in [0.2, 0.25) is 0 Å². The topological polar surface area (TPSA) is 16.6 Å². The minimum atomic E-state index is -5.46. The van der Waals surface area contributed by atoms with E-state index in [2.05, 4.69) is 33.0 Å². The van der Waals surface area contributed by atoms with Gasteiger partial charge in [0.15, 0.2) is 23.3 Å². The number of quaternary nitrogens is 1. The minimum Gasteiger partial charge on any atom is -0.336 e. The van der Waals surface area contributed by atoms with E-state index in [-0.39, 0.29) is 48.5 Å². The summed E-state index contributed by atoms with van der Waals surface area (Å²) in [6.45, 7) is 9.88. The highest BCUT2D eigenvalue weighted by Crippen LogP contribution is 2.37. The van der Waals surface area contributed by atoms with Gasteiger partial charge in [0.05, 0.1) is 34.3 Å². The van der Waals surface area contributed by atoms with Crippen molar-refractivity contribution in [1.29, 1.82) is 0 Å². The SMILES string of the molecule is CC(C)C1([NH2+]C2(C(C)C)CCCCC2)CCCCC1.Fc1ccc(F)c([B-](c2c(F)ccc(F)c2F)(c2c(F)ccc(F)c2F)c2c(F)ccc(F)c2F)c1F. The van der Waals surface area contributed by atoms with Crippen molar-refractivity contribution in [2.45, 2.75) is 103 Å². The van der Waals surface area contributed by atoms with E-state index >= 15 is 35.1 Å². The molecule has 2 aliphatic carbocycles. The van der Waals surface area contributed by atoms with Gasteiger partial charge in [-0.05, 0) is 74.2 Å². The predicted octanol–water partition coefficient (Wildman–Crippen LogP) is 9.00. The second-order valence-corrected chi connectivity index (χ2v) is 15.9. The Balaban J connectivity index is 0.000000265. The van der Waals surface area contributed by atoms with E-state index in [9.17, 15) is 17.6 Å². The van der Waals surface area contributed by atoms with Gasteiger partial charge in [0.1, 0.15) is 29.4 Å². The lowest BCUT2D eigenvalue weighted by Gasteiger charge is -2.49. The molecular formula is C42H44BF12N. The van der Waals surface area contributed by atoms with Crippen LogP contribution in [0.4, 0.5) is 52.7 Å². The largest absolute Gasteiger partial charge is 0.336 e. The van der Waals surface area contributed by atoms with Gasteiger partial charge in [-0.3, -0.25) is 0 Å². The number of halogens is 12. The van der Waals surface area contributed by atoms with E-state index in [1.807, 2.05) is 0 Å². The zero-order valence-electron chi connectivity index (χ0n) is 31.5. The molecule has 0 atom stereocenters. The van der Waals surface area contributed by atoms with Crippen molar-refractivity contribution in [3.63, 3.8) is 0 Å². The van der Waals surface area contributed by atoms with Gasteiger partial charge in [0.2, 0.25) is 0 Å². The van der Waals surface area contributed by atoms with Crippen molar-refractivity contribution in [2.24, 2.45) is 11.8 Å². The number of nitrogens with two attached hydrogens (primary N) is 1. The molecule has 56 heavy (non-hydrogen) atoms. The molecule has 2 fully saturated rings. The molecule has 0 aromatic heterocycles. The fraction of sp³-hybridized carbons (Fsp3) is 0.429. The van der Waals surface area contributed by atoms with Crippen LogP contribution in [0.5, 0.6) is 0 Å². The van der Waals surface area contributed by atoms with E-state index in [0.29, 0.717) is 11.1 Å².